The zero-order chi connectivity index (χ0) is 25.9. The monoisotopic (exact) mass is 507 g/mol. The number of alkyl halides is 3. The maximum absolute atomic E-state index is 13.2. The van der Waals surface area contributed by atoms with Gasteiger partial charge >= 0.3 is 12.1 Å². The van der Waals surface area contributed by atoms with Crippen molar-refractivity contribution in [3.8, 4) is 17.0 Å². The number of aromatic nitrogens is 2. The van der Waals surface area contributed by atoms with E-state index in [4.69, 9.17) is 19.4 Å². The number of fused-ring (bicyclic) bond motifs is 1. The summed E-state index contributed by atoms with van der Waals surface area (Å²) in [5, 5.41) is 7.12. The number of benzene rings is 2. The number of carboxylic acids is 1. The number of imidazole rings is 1. The van der Waals surface area contributed by atoms with Crippen molar-refractivity contribution in [1.29, 1.82) is 0 Å². The van der Waals surface area contributed by atoms with Crippen molar-refractivity contribution in [1.82, 2.24) is 14.5 Å². The molecule has 2 aliphatic heterocycles. The normalized spacial score (nSPS) is 19.5. The highest BCUT2D eigenvalue weighted by Crippen LogP contribution is 2.36. The van der Waals surface area contributed by atoms with Crippen LogP contribution in [0.25, 0.3) is 11.3 Å². The molecule has 1 N–H and O–H groups in total. The van der Waals surface area contributed by atoms with Gasteiger partial charge in [-0.05, 0) is 48.4 Å². The Morgan fingerprint density at radius 3 is 2.42 bits per heavy atom. The molecule has 2 aromatic carbocycles. The number of hydrogen-bond acceptors (Lipinski definition) is 5. The van der Waals surface area contributed by atoms with E-state index in [0.29, 0.717) is 6.61 Å². The fourth-order valence-corrected chi connectivity index (χ4v) is 4.41. The topological polar surface area (TPSA) is 76.8 Å². The number of rotatable bonds is 4. The van der Waals surface area contributed by atoms with Crippen molar-refractivity contribution in [3.63, 3.8) is 0 Å². The molecule has 11 heteroatoms. The van der Waals surface area contributed by atoms with Gasteiger partial charge in [-0.15, -0.1) is 0 Å². The summed E-state index contributed by atoms with van der Waals surface area (Å²) in [5.74, 6) is -1.13. The molecule has 0 aliphatic carbocycles. The molecule has 0 radical (unpaired) electrons. The minimum atomic E-state index is -5.08. The van der Waals surface area contributed by atoms with E-state index in [1.165, 1.54) is 12.1 Å². The fourth-order valence-electron chi connectivity index (χ4n) is 4.41. The Hall–Kier alpha value is -3.44. The number of carbonyl (C=O) groups is 1. The third-order valence-corrected chi connectivity index (χ3v) is 6.24. The number of halogens is 4. The van der Waals surface area contributed by atoms with E-state index in [2.05, 4.69) is 26.6 Å². The smallest absolute Gasteiger partial charge is 0.490 e. The van der Waals surface area contributed by atoms with Crippen molar-refractivity contribution in [2.45, 2.75) is 37.9 Å². The van der Waals surface area contributed by atoms with Crippen LogP contribution in [0.1, 0.15) is 17.8 Å². The van der Waals surface area contributed by atoms with Gasteiger partial charge in [0.05, 0.1) is 25.5 Å². The standard InChI is InChI=1S/C23H24FN3O2.C2HF3O2/c1-28-20-8-4-18(5-9-20)21-12-25-22-14-29-23(16-27(21)22)10-11-26(15-23)13-17-2-6-19(24)7-3-17;3-2(4,5)1(6)7/h2-9,12H,10-11,13-16H2,1H3;(H,6,7). The number of ether oxygens (including phenoxy) is 2. The van der Waals surface area contributed by atoms with Gasteiger partial charge < -0.3 is 19.1 Å². The van der Waals surface area contributed by atoms with Gasteiger partial charge in [-0.1, -0.05) is 12.1 Å². The zero-order valence-electron chi connectivity index (χ0n) is 19.5. The van der Waals surface area contributed by atoms with E-state index < -0.39 is 12.1 Å². The second-order valence-corrected chi connectivity index (χ2v) is 8.74. The number of aliphatic carboxylic acids is 1. The van der Waals surface area contributed by atoms with Crippen LogP contribution >= 0.6 is 0 Å². The van der Waals surface area contributed by atoms with E-state index in [9.17, 15) is 17.6 Å². The summed E-state index contributed by atoms with van der Waals surface area (Å²) in [5.41, 5.74) is 3.17. The van der Waals surface area contributed by atoms with Crippen molar-refractivity contribution in [3.05, 3.63) is 71.9 Å². The molecule has 1 unspecified atom stereocenters. The Morgan fingerprint density at radius 2 is 1.81 bits per heavy atom. The van der Waals surface area contributed by atoms with Crippen LogP contribution in [0.2, 0.25) is 0 Å². The third-order valence-electron chi connectivity index (χ3n) is 6.24. The Balaban J connectivity index is 0.000000384. The lowest BCUT2D eigenvalue weighted by atomic mass is 10.0. The summed E-state index contributed by atoms with van der Waals surface area (Å²) in [7, 11) is 1.68. The molecule has 5 rings (SSSR count). The first-order valence-corrected chi connectivity index (χ1v) is 11.2. The highest BCUT2D eigenvalue weighted by Gasteiger charge is 2.43. The van der Waals surface area contributed by atoms with Crippen molar-refractivity contribution in [2.75, 3.05) is 20.2 Å². The van der Waals surface area contributed by atoms with Crippen LogP contribution < -0.4 is 4.74 Å². The van der Waals surface area contributed by atoms with Gasteiger partial charge in [0.2, 0.25) is 0 Å². The lowest BCUT2D eigenvalue weighted by molar-refractivity contribution is -0.192. The van der Waals surface area contributed by atoms with E-state index in [-0.39, 0.29) is 11.4 Å². The highest BCUT2D eigenvalue weighted by atomic mass is 19.4. The molecule has 3 aromatic rings. The van der Waals surface area contributed by atoms with Gasteiger partial charge in [-0.25, -0.2) is 14.2 Å². The predicted molar refractivity (Wildman–Crippen MR) is 122 cm³/mol. The Kier molecular flexibility index (Phi) is 7.32. The number of hydrogen-bond donors (Lipinski definition) is 1. The van der Waals surface area contributed by atoms with E-state index in [0.717, 1.165) is 61.0 Å². The van der Waals surface area contributed by atoms with Gasteiger partial charge in [-0.2, -0.15) is 13.2 Å². The minimum Gasteiger partial charge on any atom is -0.497 e. The van der Waals surface area contributed by atoms with Crippen molar-refractivity contribution < 1.29 is 36.9 Å². The number of carboxylic acid groups (broad SMARTS) is 1. The van der Waals surface area contributed by atoms with Crippen LogP contribution in [0.15, 0.2) is 54.7 Å². The zero-order valence-corrected chi connectivity index (χ0v) is 19.5. The molecule has 1 saturated heterocycles. The van der Waals surface area contributed by atoms with Crippen LogP contribution in [0, 0.1) is 5.82 Å². The fraction of sp³-hybridized carbons (Fsp3) is 0.360. The SMILES string of the molecule is COc1ccc(-c2cnc3n2CC2(CCN(Cc4ccc(F)cc4)C2)OC3)cc1.O=C(O)C(F)(F)F. The van der Waals surface area contributed by atoms with Crippen LogP contribution in [0.5, 0.6) is 5.75 Å². The van der Waals surface area contributed by atoms with Crippen molar-refractivity contribution >= 4 is 5.97 Å². The second-order valence-electron chi connectivity index (χ2n) is 8.74. The van der Waals surface area contributed by atoms with Crippen LogP contribution in [-0.4, -0.2) is 57.5 Å². The molecule has 0 bridgehead atoms. The maximum Gasteiger partial charge on any atom is 0.490 e. The summed E-state index contributed by atoms with van der Waals surface area (Å²) in [6.45, 7) is 3.97. The second kappa shape index (κ2) is 10.3. The largest absolute Gasteiger partial charge is 0.497 e. The lowest BCUT2D eigenvalue weighted by Gasteiger charge is -2.35. The summed E-state index contributed by atoms with van der Waals surface area (Å²) < 4.78 is 58.8. The highest BCUT2D eigenvalue weighted by molar-refractivity contribution is 5.73. The van der Waals surface area contributed by atoms with E-state index in [1.807, 2.05) is 30.5 Å². The molecule has 1 spiro atoms. The first-order valence-electron chi connectivity index (χ1n) is 11.2. The molecule has 192 valence electrons. The third kappa shape index (κ3) is 5.85. The average molecular weight is 507 g/mol. The molecule has 3 heterocycles. The molecule has 1 fully saturated rings. The van der Waals surface area contributed by atoms with Gasteiger partial charge in [0.1, 0.15) is 29.6 Å². The molecule has 2 aliphatic rings. The van der Waals surface area contributed by atoms with Crippen LogP contribution in [0.3, 0.4) is 0 Å². The summed E-state index contributed by atoms with van der Waals surface area (Å²) in [4.78, 5) is 15.9. The number of nitrogens with zero attached hydrogens (tertiary/aromatic N) is 3. The van der Waals surface area contributed by atoms with Gasteiger partial charge in [0, 0.05) is 25.2 Å². The Labute approximate surface area is 204 Å². The maximum atomic E-state index is 13.2. The molecular formula is C25H25F4N3O4. The average Bonchev–Trinajstić information content (AvgIpc) is 3.44. The molecule has 0 saturated carbocycles. The van der Waals surface area contributed by atoms with Gasteiger partial charge in [-0.3, -0.25) is 4.90 Å². The molecule has 36 heavy (non-hydrogen) atoms. The Morgan fingerprint density at radius 1 is 1.14 bits per heavy atom. The molecule has 1 aromatic heterocycles. The van der Waals surface area contributed by atoms with Crippen LogP contribution in [-0.2, 0) is 29.2 Å². The summed E-state index contributed by atoms with van der Waals surface area (Å²) in [6, 6.07) is 14.9. The first kappa shape index (κ1) is 25.6. The predicted octanol–water partition coefficient (Wildman–Crippen LogP) is 4.51. The molecule has 1 atom stereocenters. The van der Waals surface area contributed by atoms with E-state index in [1.54, 1.807) is 7.11 Å². The minimum absolute atomic E-state index is 0.194. The Bertz CT molecular complexity index is 1200. The van der Waals surface area contributed by atoms with Crippen molar-refractivity contribution in [2.24, 2.45) is 0 Å². The summed E-state index contributed by atoms with van der Waals surface area (Å²) in [6.07, 6.45) is -2.17. The lowest BCUT2D eigenvalue weighted by Crippen LogP contribution is -2.44. The molecule has 0 amide bonds. The molecule has 7 nitrogen and oxygen atoms in total. The van der Waals surface area contributed by atoms with Crippen LogP contribution in [0.4, 0.5) is 17.6 Å². The number of methoxy groups -OCH3 is 1. The molecular weight excluding hydrogens is 482 g/mol. The number of likely N-dealkylation sites (tertiary alicyclic amines) is 1. The summed E-state index contributed by atoms with van der Waals surface area (Å²) >= 11 is 0. The van der Waals surface area contributed by atoms with Gasteiger partial charge in [0.15, 0.2) is 0 Å². The van der Waals surface area contributed by atoms with E-state index >= 15 is 0 Å². The van der Waals surface area contributed by atoms with Gasteiger partial charge in [0.25, 0.3) is 0 Å². The first-order chi connectivity index (χ1) is 17.1. The quantitative estimate of drug-likeness (QED) is 0.524.